The number of aromatic amines is 1. The zero-order valence-corrected chi connectivity index (χ0v) is 18.0. The van der Waals surface area contributed by atoms with Gasteiger partial charge >= 0.3 is 7.60 Å². The van der Waals surface area contributed by atoms with Gasteiger partial charge < -0.3 is 34.1 Å². The van der Waals surface area contributed by atoms with E-state index in [-0.39, 0.29) is 24.1 Å². The molecule has 1 saturated heterocycles. The highest BCUT2D eigenvalue weighted by atomic mass is 31.2. The zero-order valence-electron chi connectivity index (χ0n) is 17.1. The van der Waals surface area contributed by atoms with E-state index in [4.69, 9.17) is 14.0 Å². The van der Waals surface area contributed by atoms with Crippen LogP contribution in [0.15, 0.2) is 10.9 Å². The van der Waals surface area contributed by atoms with Gasteiger partial charge in [0.15, 0.2) is 5.85 Å². The van der Waals surface area contributed by atoms with Gasteiger partial charge in [-0.2, -0.15) is 0 Å². The number of H-pyrrole nitrogens is 1. The Balaban J connectivity index is 2.32. The molecule has 1 aromatic rings. The molecule has 0 aromatic carbocycles. The number of aliphatic hydroxyl groups excluding tert-OH is 2. The van der Waals surface area contributed by atoms with Crippen molar-refractivity contribution in [3.8, 4) is 0 Å². The first-order valence-corrected chi connectivity index (χ1v) is 11.0. The van der Waals surface area contributed by atoms with Crippen molar-refractivity contribution in [2.24, 2.45) is 0 Å². The highest BCUT2D eigenvalue weighted by Gasteiger charge is 2.49. The van der Waals surface area contributed by atoms with Crippen molar-refractivity contribution in [2.75, 3.05) is 7.11 Å². The molecule has 0 saturated carbocycles. The van der Waals surface area contributed by atoms with Gasteiger partial charge in [0.25, 0.3) is 5.56 Å². The number of rotatable bonds is 8. The summed E-state index contributed by atoms with van der Waals surface area (Å²) in [6.45, 7) is 5.95. The van der Waals surface area contributed by atoms with E-state index in [0.717, 1.165) is 13.0 Å². The molecular weight excluding hydrogens is 408 g/mol. The third-order valence-electron chi connectivity index (χ3n) is 5.33. The summed E-state index contributed by atoms with van der Waals surface area (Å²) in [6.07, 6.45) is -3.76. The quantitative estimate of drug-likeness (QED) is 0.451. The van der Waals surface area contributed by atoms with E-state index in [1.807, 2.05) is 0 Å². The maximum absolute atomic E-state index is 14.5. The van der Waals surface area contributed by atoms with E-state index in [1.54, 1.807) is 13.8 Å². The maximum atomic E-state index is 14.5. The van der Waals surface area contributed by atoms with Crippen molar-refractivity contribution in [3.63, 3.8) is 0 Å². The molecule has 166 valence electrons. The molecular formula is C18H29FNO8P. The normalized spacial score (nSPS) is 30.0. The Labute approximate surface area is 168 Å². The minimum atomic E-state index is -4.31. The molecule has 29 heavy (non-hydrogen) atoms. The van der Waals surface area contributed by atoms with E-state index in [2.05, 4.69) is 4.98 Å². The second kappa shape index (κ2) is 8.93. The lowest BCUT2D eigenvalue weighted by atomic mass is 9.92. The van der Waals surface area contributed by atoms with Crippen molar-refractivity contribution in [2.45, 2.75) is 76.4 Å². The van der Waals surface area contributed by atoms with Gasteiger partial charge in [0.05, 0.1) is 11.7 Å². The summed E-state index contributed by atoms with van der Waals surface area (Å²) in [5, 5.41) is 20.2. The molecule has 1 aliphatic heterocycles. The number of aromatic nitrogens is 1. The van der Waals surface area contributed by atoms with Crippen molar-refractivity contribution < 1.29 is 38.1 Å². The molecule has 7 atom stereocenters. The Morgan fingerprint density at radius 1 is 1.48 bits per heavy atom. The van der Waals surface area contributed by atoms with Gasteiger partial charge in [-0.25, -0.2) is 4.39 Å². The molecule has 0 amide bonds. The number of hydrogen-bond donors (Lipinski definition) is 4. The topological polar surface area (TPSA) is 138 Å². The average Bonchev–Trinajstić information content (AvgIpc) is 2.88. The van der Waals surface area contributed by atoms with E-state index in [9.17, 15) is 28.9 Å². The maximum Gasteiger partial charge on any atom is 0.356 e. The molecule has 4 N–H and O–H groups in total. The molecule has 1 aliphatic rings. The second-order valence-electron chi connectivity index (χ2n) is 7.60. The molecule has 2 heterocycles. The first-order valence-electron chi connectivity index (χ1n) is 9.32. The highest BCUT2D eigenvalue weighted by molar-refractivity contribution is 7.53. The predicted molar refractivity (Wildman–Crippen MR) is 102 cm³/mol. The zero-order chi connectivity index (χ0) is 22.1. The fourth-order valence-electron chi connectivity index (χ4n) is 3.47. The van der Waals surface area contributed by atoms with Crippen molar-refractivity contribution >= 4 is 7.60 Å². The first-order chi connectivity index (χ1) is 13.3. The van der Waals surface area contributed by atoms with Crippen LogP contribution < -0.4 is 5.56 Å². The molecule has 4 unspecified atom stereocenters. The Kier molecular flexibility index (Phi) is 7.44. The summed E-state index contributed by atoms with van der Waals surface area (Å²) in [6, 6.07) is 0.794. The largest absolute Gasteiger partial charge is 0.388 e. The van der Waals surface area contributed by atoms with Crippen LogP contribution in [0.4, 0.5) is 4.39 Å². The SMILES string of the molecule is CCC(C)(C[C@H]1O[C@@H](c2c(F)cc(=O)[nH]c2C)[C@@H](OC)C1O)OP(=O)(O)C(C)O. The number of methoxy groups -OCH3 is 1. The lowest BCUT2D eigenvalue weighted by Crippen LogP contribution is -2.39. The molecule has 9 nitrogen and oxygen atoms in total. The standard InChI is InChI=1S/C18H29FNO8P/c1-6-18(4,28-29(24,25)10(3)21)8-12-15(23)17(26-5)16(27-12)14-9(2)20-13(22)7-11(14)19/h7,10,12,15-17,21,23H,6,8H2,1-5H3,(H,20,22)(H,24,25)/t10?,12-,15?,16+,17+,18?/m1/s1. The lowest BCUT2D eigenvalue weighted by molar-refractivity contribution is -0.0497. The summed E-state index contributed by atoms with van der Waals surface area (Å²) in [7, 11) is -2.96. The number of aryl methyl sites for hydroxylation is 1. The minimum Gasteiger partial charge on any atom is -0.388 e. The molecule has 0 spiro atoms. The number of ether oxygens (including phenoxy) is 2. The summed E-state index contributed by atoms with van der Waals surface area (Å²) >= 11 is 0. The fourth-order valence-corrected chi connectivity index (χ4v) is 4.46. The van der Waals surface area contributed by atoms with Crippen LogP contribution in [0.3, 0.4) is 0 Å². The molecule has 1 fully saturated rings. The van der Waals surface area contributed by atoms with Crippen LogP contribution in [0, 0.1) is 12.7 Å². The van der Waals surface area contributed by atoms with E-state index in [0.29, 0.717) is 0 Å². The van der Waals surface area contributed by atoms with Crippen LogP contribution in [-0.2, 0) is 18.6 Å². The monoisotopic (exact) mass is 437 g/mol. The molecule has 0 radical (unpaired) electrons. The van der Waals surface area contributed by atoms with Gasteiger partial charge in [-0.3, -0.25) is 9.36 Å². The predicted octanol–water partition coefficient (Wildman–Crippen LogP) is 1.74. The highest BCUT2D eigenvalue weighted by Crippen LogP contribution is 2.52. The van der Waals surface area contributed by atoms with Gasteiger partial charge in [0, 0.05) is 30.9 Å². The number of aliphatic hydroxyl groups is 2. The van der Waals surface area contributed by atoms with Crippen molar-refractivity contribution in [3.05, 3.63) is 33.5 Å². The number of hydrogen-bond acceptors (Lipinski definition) is 7. The Morgan fingerprint density at radius 2 is 2.10 bits per heavy atom. The summed E-state index contributed by atoms with van der Waals surface area (Å²) in [5.74, 6) is -2.37. The van der Waals surface area contributed by atoms with Crippen LogP contribution in [0.1, 0.15) is 51.0 Å². The first kappa shape index (κ1) is 24.1. The summed E-state index contributed by atoms with van der Waals surface area (Å²) in [5.41, 5.74) is -1.50. The molecule has 11 heteroatoms. The van der Waals surface area contributed by atoms with Crippen molar-refractivity contribution in [1.29, 1.82) is 0 Å². The van der Waals surface area contributed by atoms with Crippen LogP contribution in [0.5, 0.6) is 0 Å². The molecule has 0 aliphatic carbocycles. The summed E-state index contributed by atoms with van der Waals surface area (Å²) < 4.78 is 43.2. The third-order valence-corrected chi connectivity index (χ3v) is 6.97. The molecule has 2 rings (SSSR count). The van der Waals surface area contributed by atoms with Crippen LogP contribution in [0.2, 0.25) is 0 Å². The van der Waals surface area contributed by atoms with Gasteiger partial charge in [0.2, 0.25) is 0 Å². The van der Waals surface area contributed by atoms with Gasteiger partial charge in [-0.1, -0.05) is 6.92 Å². The van der Waals surface area contributed by atoms with Crippen LogP contribution >= 0.6 is 7.60 Å². The molecule has 0 bridgehead atoms. The number of halogens is 1. The van der Waals surface area contributed by atoms with Crippen LogP contribution in [-0.4, -0.2) is 57.0 Å². The summed E-state index contributed by atoms with van der Waals surface area (Å²) in [4.78, 5) is 23.9. The fraction of sp³-hybridized carbons (Fsp3) is 0.722. The van der Waals surface area contributed by atoms with Crippen LogP contribution in [0.25, 0.3) is 0 Å². The van der Waals surface area contributed by atoms with Crippen molar-refractivity contribution in [1.82, 2.24) is 4.98 Å². The third kappa shape index (κ3) is 5.14. The van der Waals surface area contributed by atoms with E-state index in [1.165, 1.54) is 14.0 Å². The lowest BCUT2D eigenvalue weighted by Gasteiger charge is -2.34. The van der Waals surface area contributed by atoms with Gasteiger partial charge in [0.1, 0.15) is 24.1 Å². The van der Waals surface area contributed by atoms with Gasteiger partial charge in [-0.05, 0) is 27.2 Å². The second-order valence-corrected chi connectivity index (χ2v) is 9.66. The Hall–Kier alpha value is -1.13. The van der Waals surface area contributed by atoms with Gasteiger partial charge in [-0.15, -0.1) is 0 Å². The smallest absolute Gasteiger partial charge is 0.356 e. The number of nitrogens with one attached hydrogen (secondary N) is 1. The van der Waals surface area contributed by atoms with E-state index < -0.39 is 54.8 Å². The number of pyridine rings is 1. The Bertz CT molecular complexity index is 804. The average molecular weight is 437 g/mol. The minimum absolute atomic E-state index is 0.0116. The molecule has 1 aromatic heterocycles. The Morgan fingerprint density at radius 3 is 2.59 bits per heavy atom. The van der Waals surface area contributed by atoms with E-state index >= 15 is 0 Å².